The van der Waals surface area contributed by atoms with Crippen molar-refractivity contribution in [2.24, 2.45) is 11.8 Å². The second-order valence-corrected chi connectivity index (χ2v) is 20.8. The molecule has 386 valence electrons. The van der Waals surface area contributed by atoms with Gasteiger partial charge in [-0.2, -0.15) is 0 Å². The van der Waals surface area contributed by atoms with E-state index in [-0.39, 0.29) is 64.8 Å². The molecule has 3 aliphatic heterocycles. The molecule has 0 saturated carbocycles. The van der Waals surface area contributed by atoms with Crippen molar-refractivity contribution in [1.82, 2.24) is 50.5 Å². The van der Waals surface area contributed by atoms with E-state index in [1.54, 1.807) is 10.6 Å². The third kappa shape index (κ3) is 11.9. The second kappa shape index (κ2) is 22.6. The van der Waals surface area contributed by atoms with Crippen LogP contribution in [0.2, 0.25) is 0 Å². The number of nitrogens with one attached hydrogen (secondary N) is 3. The summed E-state index contributed by atoms with van der Waals surface area (Å²) >= 11 is 0. The maximum absolute atomic E-state index is 14.2. The van der Waals surface area contributed by atoms with Crippen LogP contribution in [0.15, 0.2) is 85.3 Å². The Bertz CT molecular complexity index is 2720. The fourth-order valence-electron chi connectivity index (χ4n) is 10.4. The summed E-state index contributed by atoms with van der Waals surface area (Å²) in [6, 6.07) is 19.4. The molecule has 5 aromatic rings. The SMILES string of the molecule is CCNC(=O)c1nnc(-c2cc(C(C)C)c(O)cc2O)n1-c1ccc(CN2CCC(C(=O)N3CCC4(CC3)OB([C@H](CC(C)C)NC(=O)[C@H](Cc3ccccc3)NC(=O)c3cnccn3)OC4(C)C)CC2)cc1. The Balaban J connectivity index is 0.872. The summed E-state index contributed by atoms with van der Waals surface area (Å²) in [4.78, 5) is 67.3. The third-order valence-electron chi connectivity index (χ3n) is 14.6. The van der Waals surface area contributed by atoms with E-state index in [9.17, 15) is 29.4 Å². The van der Waals surface area contributed by atoms with Crippen LogP contribution in [0, 0.1) is 11.8 Å². The van der Waals surface area contributed by atoms with Crippen LogP contribution in [0.4, 0.5) is 0 Å². The van der Waals surface area contributed by atoms with Gasteiger partial charge in [-0.3, -0.25) is 33.6 Å². The summed E-state index contributed by atoms with van der Waals surface area (Å²) < 4.78 is 15.3. The first-order chi connectivity index (χ1) is 35.0. The first kappa shape index (κ1) is 52.6. The monoisotopic (exact) mass is 997 g/mol. The van der Waals surface area contributed by atoms with E-state index in [1.165, 1.54) is 24.7 Å². The Morgan fingerprint density at radius 3 is 2.19 bits per heavy atom. The summed E-state index contributed by atoms with van der Waals surface area (Å²) in [6.45, 7) is 17.6. The maximum Gasteiger partial charge on any atom is 0.481 e. The van der Waals surface area contributed by atoms with Gasteiger partial charge in [-0.1, -0.05) is 70.2 Å². The van der Waals surface area contributed by atoms with Crippen molar-refractivity contribution in [2.75, 3.05) is 32.7 Å². The van der Waals surface area contributed by atoms with Crippen LogP contribution in [0.1, 0.15) is 124 Å². The highest BCUT2D eigenvalue weighted by Gasteiger charge is 2.60. The zero-order valence-corrected chi connectivity index (χ0v) is 43.0. The van der Waals surface area contributed by atoms with Crippen molar-refractivity contribution >= 4 is 30.7 Å². The normalized spacial score (nSPS) is 17.7. The molecule has 5 heterocycles. The van der Waals surface area contributed by atoms with Gasteiger partial charge in [-0.15, -0.1) is 10.2 Å². The molecule has 0 aliphatic carbocycles. The van der Waals surface area contributed by atoms with Gasteiger partial charge in [0.25, 0.3) is 11.8 Å². The Hall–Kier alpha value is -6.70. The molecule has 3 aromatic carbocycles. The molecule has 0 bridgehead atoms. The first-order valence-electron chi connectivity index (χ1n) is 25.6. The molecule has 1 spiro atoms. The minimum Gasteiger partial charge on any atom is -0.508 e. The molecule has 3 aliphatic rings. The average molecular weight is 997 g/mol. The number of benzene rings is 3. The number of amides is 4. The second-order valence-electron chi connectivity index (χ2n) is 20.8. The molecule has 8 rings (SSSR count). The van der Waals surface area contributed by atoms with Crippen LogP contribution in [0.25, 0.3) is 17.1 Å². The fraction of sp³-hybridized carbons (Fsp3) is 0.481. The van der Waals surface area contributed by atoms with Gasteiger partial charge in [-0.25, -0.2) is 4.98 Å². The van der Waals surface area contributed by atoms with Crippen LogP contribution >= 0.6 is 0 Å². The van der Waals surface area contributed by atoms with Crippen molar-refractivity contribution in [2.45, 2.75) is 123 Å². The summed E-state index contributed by atoms with van der Waals surface area (Å²) in [7, 11) is -0.750. The number of carbonyl (C=O) groups excluding carboxylic acids is 4. The quantitative estimate of drug-likeness (QED) is 0.0675. The molecule has 73 heavy (non-hydrogen) atoms. The van der Waals surface area contributed by atoms with Crippen molar-refractivity contribution < 1.29 is 38.7 Å². The number of phenolic OH excluding ortho intramolecular Hbond substituents is 2. The van der Waals surface area contributed by atoms with Crippen LogP contribution in [-0.2, 0) is 31.9 Å². The molecule has 4 amide bonds. The molecule has 0 unspecified atom stereocenters. The zero-order chi connectivity index (χ0) is 52.0. The van der Waals surface area contributed by atoms with E-state index in [0.717, 1.165) is 37.1 Å². The Labute approximate surface area is 427 Å². The van der Waals surface area contributed by atoms with Gasteiger partial charge in [0.1, 0.15) is 23.2 Å². The van der Waals surface area contributed by atoms with Gasteiger partial charge in [0, 0.05) is 62.7 Å². The van der Waals surface area contributed by atoms with E-state index in [2.05, 4.69) is 54.9 Å². The average Bonchev–Trinajstić information content (AvgIpc) is 3.92. The molecule has 2 atom stereocenters. The summed E-state index contributed by atoms with van der Waals surface area (Å²) in [6.07, 6.45) is 7.77. The Kier molecular flexibility index (Phi) is 16.3. The molecular formula is C54H69BN10O8. The number of hydrogen-bond acceptors (Lipinski definition) is 13. The number of piperidine rings is 2. The molecular weight excluding hydrogens is 927 g/mol. The van der Waals surface area contributed by atoms with E-state index < -0.39 is 42.1 Å². The van der Waals surface area contributed by atoms with Gasteiger partial charge in [-0.05, 0) is 113 Å². The van der Waals surface area contributed by atoms with Gasteiger partial charge in [0.2, 0.25) is 17.6 Å². The zero-order valence-electron chi connectivity index (χ0n) is 43.0. The fourth-order valence-corrected chi connectivity index (χ4v) is 10.4. The number of likely N-dealkylation sites (tertiary alicyclic amines) is 2. The van der Waals surface area contributed by atoms with Crippen molar-refractivity contribution in [3.05, 3.63) is 114 Å². The number of carbonyl (C=O) groups is 4. The maximum atomic E-state index is 14.2. The van der Waals surface area contributed by atoms with Crippen LogP contribution in [0.3, 0.4) is 0 Å². The molecule has 0 radical (unpaired) electrons. The number of aromatic nitrogens is 5. The van der Waals surface area contributed by atoms with Crippen LogP contribution < -0.4 is 16.0 Å². The predicted molar refractivity (Wildman–Crippen MR) is 276 cm³/mol. The minimum atomic E-state index is -0.909. The highest BCUT2D eigenvalue weighted by molar-refractivity contribution is 6.48. The minimum absolute atomic E-state index is 0.0234. The lowest BCUT2D eigenvalue weighted by molar-refractivity contribution is -0.143. The highest BCUT2D eigenvalue weighted by Crippen LogP contribution is 2.46. The number of aromatic hydroxyl groups is 2. The number of nitrogens with zero attached hydrogens (tertiary/aromatic N) is 7. The number of rotatable bonds is 17. The molecule has 3 fully saturated rings. The summed E-state index contributed by atoms with van der Waals surface area (Å²) in [5, 5.41) is 38.9. The highest BCUT2D eigenvalue weighted by atomic mass is 16.7. The van der Waals surface area contributed by atoms with Crippen LogP contribution in [-0.4, -0.2) is 131 Å². The molecule has 2 aromatic heterocycles. The molecule has 5 N–H and O–H groups in total. The van der Waals surface area contributed by atoms with Gasteiger partial charge < -0.3 is 40.4 Å². The number of phenols is 2. The largest absolute Gasteiger partial charge is 0.508 e. The van der Waals surface area contributed by atoms with E-state index in [0.29, 0.717) is 62.3 Å². The van der Waals surface area contributed by atoms with Crippen molar-refractivity contribution in [1.29, 1.82) is 0 Å². The topological polar surface area (TPSA) is 226 Å². The van der Waals surface area contributed by atoms with Gasteiger partial charge in [0.15, 0.2) is 5.82 Å². The smallest absolute Gasteiger partial charge is 0.481 e. The molecule has 3 saturated heterocycles. The van der Waals surface area contributed by atoms with E-state index in [1.807, 2.05) is 94.1 Å². The Morgan fingerprint density at radius 1 is 0.836 bits per heavy atom. The lowest BCUT2D eigenvalue weighted by atomic mass is 9.73. The lowest BCUT2D eigenvalue weighted by Crippen LogP contribution is -2.57. The van der Waals surface area contributed by atoms with E-state index >= 15 is 0 Å². The van der Waals surface area contributed by atoms with E-state index in [4.69, 9.17) is 9.31 Å². The van der Waals surface area contributed by atoms with Gasteiger partial charge in [0.05, 0.1) is 28.9 Å². The first-order valence-corrected chi connectivity index (χ1v) is 25.6. The standard InChI is InChI=1S/C54H69BN10O8/c1-8-57-51(70)48-62-61-47(41-30-40(35(4)5)44(66)31-45(41)67)65(48)39-16-14-37(15-17-39)33-63-24-18-38(19-25-63)52(71)64-26-20-54(21-27-64)53(6,7)72-55(73-54)46(28-34(2)3)60-49(68)42(29-36-12-10-9-11-13-36)59-50(69)43-32-56-22-23-58-43/h9-17,22-23,30-32,34-35,38,42,46,66-67H,8,18-21,24-29,33H2,1-7H3,(H,57,70)(H,59,69)(H,60,68)/t42-,46-/m0/s1. The molecule has 18 nitrogen and oxygen atoms in total. The number of hydrogen-bond donors (Lipinski definition) is 5. The van der Waals surface area contributed by atoms with Gasteiger partial charge >= 0.3 is 7.12 Å². The van der Waals surface area contributed by atoms with Crippen molar-refractivity contribution in [3.8, 4) is 28.6 Å². The Morgan fingerprint density at radius 2 is 1.55 bits per heavy atom. The van der Waals surface area contributed by atoms with Crippen molar-refractivity contribution in [3.63, 3.8) is 0 Å². The summed E-state index contributed by atoms with van der Waals surface area (Å²) in [5.41, 5.74) is 2.28. The molecule has 19 heteroatoms. The summed E-state index contributed by atoms with van der Waals surface area (Å²) in [5.74, 6) is -1.42. The van der Waals surface area contributed by atoms with Crippen LogP contribution in [0.5, 0.6) is 11.5 Å². The predicted octanol–water partition coefficient (Wildman–Crippen LogP) is 6.01. The third-order valence-corrected chi connectivity index (χ3v) is 14.6. The lowest BCUT2D eigenvalue weighted by Gasteiger charge is -2.46.